The average Bonchev–Trinajstić information content (AvgIpc) is 3.69. The highest BCUT2D eigenvalue weighted by Crippen LogP contribution is 2.41. The first-order valence-electron chi connectivity index (χ1n) is 17.1. The number of carbonyl (C=O) groups excluding carboxylic acids is 4. The SMILES string of the molecule is CC(C)OC(=O)OC(C)OC(=O)c1cc2cc(NC(=O)[C@@H]3[C@H](C4CCCCC4)CCN3C(=O)C3CCC(C(N)CF)CC3)ccc2o1. The van der Waals surface area contributed by atoms with Gasteiger partial charge in [0.25, 0.3) is 0 Å². The lowest BCUT2D eigenvalue weighted by Gasteiger charge is -2.36. The largest absolute Gasteiger partial charge is 0.511 e. The van der Waals surface area contributed by atoms with Gasteiger partial charge >= 0.3 is 12.1 Å². The van der Waals surface area contributed by atoms with Gasteiger partial charge in [0.05, 0.1) is 6.10 Å². The Morgan fingerprint density at radius 1 is 0.957 bits per heavy atom. The number of nitrogens with zero attached hydrogens (tertiary/aromatic N) is 1. The van der Waals surface area contributed by atoms with Crippen molar-refractivity contribution >= 4 is 40.6 Å². The molecule has 47 heavy (non-hydrogen) atoms. The Labute approximate surface area is 275 Å². The Morgan fingerprint density at radius 2 is 1.68 bits per heavy atom. The average molecular weight is 658 g/mol. The van der Waals surface area contributed by atoms with Gasteiger partial charge in [-0.3, -0.25) is 9.59 Å². The van der Waals surface area contributed by atoms with E-state index in [0.717, 1.165) is 44.9 Å². The fraction of sp³-hybridized carbons (Fsp3) is 0.657. The molecule has 1 aromatic carbocycles. The Bertz CT molecular complexity index is 1410. The molecule has 1 saturated heterocycles. The number of nitrogens with two attached hydrogens (primary N) is 1. The third-order valence-electron chi connectivity index (χ3n) is 10.0. The Morgan fingerprint density at radius 3 is 2.36 bits per heavy atom. The molecule has 2 amide bonds. The number of halogens is 1. The molecular weight excluding hydrogens is 609 g/mol. The predicted molar refractivity (Wildman–Crippen MR) is 172 cm³/mol. The molecule has 1 aliphatic heterocycles. The molecule has 2 aliphatic carbocycles. The van der Waals surface area contributed by atoms with Crippen LogP contribution in [0.5, 0.6) is 0 Å². The van der Waals surface area contributed by atoms with Gasteiger partial charge in [-0.25, -0.2) is 14.0 Å². The highest BCUT2D eigenvalue weighted by Gasteiger charge is 2.47. The molecule has 2 saturated carbocycles. The van der Waals surface area contributed by atoms with Crippen molar-refractivity contribution in [3.8, 4) is 0 Å². The molecule has 3 aliphatic rings. The van der Waals surface area contributed by atoms with Gasteiger partial charge in [-0.2, -0.15) is 0 Å². The number of benzene rings is 1. The summed E-state index contributed by atoms with van der Waals surface area (Å²) in [7, 11) is 0. The third kappa shape index (κ3) is 8.44. The quantitative estimate of drug-likeness (QED) is 0.220. The number of ether oxygens (including phenoxy) is 3. The molecular formula is C35H48FN3O8. The second kappa shape index (κ2) is 15.5. The zero-order chi connectivity index (χ0) is 33.7. The van der Waals surface area contributed by atoms with Crippen LogP contribution in [-0.2, 0) is 23.8 Å². The highest BCUT2D eigenvalue weighted by atomic mass is 19.1. The summed E-state index contributed by atoms with van der Waals surface area (Å²) in [5.41, 5.74) is 6.87. The molecule has 5 rings (SSSR count). The topological polar surface area (TPSA) is 150 Å². The lowest BCUT2D eigenvalue weighted by molar-refractivity contribution is -0.142. The molecule has 1 aromatic heterocycles. The van der Waals surface area contributed by atoms with Crippen LogP contribution >= 0.6 is 0 Å². The number of nitrogens with one attached hydrogen (secondary N) is 1. The monoisotopic (exact) mass is 657 g/mol. The minimum Gasteiger partial charge on any atom is -0.449 e. The van der Waals surface area contributed by atoms with Gasteiger partial charge in [0, 0.05) is 36.5 Å². The molecule has 12 heteroatoms. The zero-order valence-corrected chi connectivity index (χ0v) is 27.6. The molecule has 0 radical (unpaired) electrons. The summed E-state index contributed by atoms with van der Waals surface area (Å²) >= 11 is 0. The van der Waals surface area contributed by atoms with E-state index in [1.807, 2.05) is 0 Å². The van der Waals surface area contributed by atoms with Crippen molar-refractivity contribution < 1.29 is 42.2 Å². The second-order valence-electron chi connectivity index (χ2n) is 13.6. The smallest absolute Gasteiger partial charge is 0.449 e. The first-order chi connectivity index (χ1) is 22.5. The van der Waals surface area contributed by atoms with Gasteiger partial charge in [-0.15, -0.1) is 0 Å². The molecule has 2 aromatic rings. The highest BCUT2D eigenvalue weighted by molar-refractivity contribution is 6.00. The maximum atomic E-state index is 14.1. The number of rotatable bonds is 10. The van der Waals surface area contributed by atoms with Gasteiger partial charge in [-0.05, 0) is 88.0 Å². The molecule has 0 spiro atoms. The Hall–Kier alpha value is -3.67. The number of likely N-dealkylation sites (tertiary alicyclic amines) is 1. The van der Waals surface area contributed by atoms with Crippen molar-refractivity contribution in [3.63, 3.8) is 0 Å². The second-order valence-corrected chi connectivity index (χ2v) is 13.6. The standard InChI is InChI=1S/C35H48FN3O8/c1-20(2)44-35(43)46-21(3)45-34(42)30-18-25-17-26(13-14-29(25)47-30)38-32(40)31-27(22-7-5-4-6-8-22)15-16-39(31)33(41)24-11-9-23(10-12-24)28(37)19-36/h13-14,17-18,20-24,27-28,31H,4-12,15-16,19,37H2,1-3H3,(H,38,40)/t21?,23?,24?,27-,28?,31-/m0/s1. The third-order valence-corrected chi connectivity index (χ3v) is 10.0. The summed E-state index contributed by atoms with van der Waals surface area (Å²) in [6.07, 6.45) is 6.59. The van der Waals surface area contributed by atoms with E-state index in [0.29, 0.717) is 42.0 Å². The van der Waals surface area contributed by atoms with Crippen LogP contribution in [0.15, 0.2) is 28.7 Å². The van der Waals surface area contributed by atoms with Gasteiger partial charge < -0.3 is 34.6 Å². The summed E-state index contributed by atoms with van der Waals surface area (Å²) in [6.45, 7) is 4.72. The number of carbonyl (C=O) groups is 4. The number of fused-ring (bicyclic) bond motifs is 1. The first kappa shape index (κ1) is 34.7. The molecule has 2 unspecified atom stereocenters. The van der Waals surface area contributed by atoms with Crippen LogP contribution in [0.2, 0.25) is 0 Å². The van der Waals surface area contributed by atoms with Gasteiger partial charge in [0.15, 0.2) is 0 Å². The van der Waals surface area contributed by atoms with Crippen molar-refractivity contribution in [2.24, 2.45) is 29.4 Å². The number of hydrogen-bond acceptors (Lipinski definition) is 9. The van der Waals surface area contributed by atoms with Crippen LogP contribution in [0.25, 0.3) is 11.0 Å². The van der Waals surface area contributed by atoms with E-state index in [4.69, 9.17) is 24.4 Å². The van der Waals surface area contributed by atoms with E-state index >= 15 is 0 Å². The number of amides is 2. The summed E-state index contributed by atoms with van der Waals surface area (Å²) in [6, 6.07) is 5.48. The van der Waals surface area contributed by atoms with E-state index in [2.05, 4.69) is 5.32 Å². The zero-order valence-electron chi connectivity index (χ0n) is 27.6. The lowest BCUT2D eigenvalue weighted by Crippen LogP contribution is -2.50. The van der Waals surface area contributed by atoms with Crippen LogP contribution in [0.3, 0.4) is 0 Å². The first-order valence-corrected chi connectivity index (χ1v) is 17.1. The Balaban J connectivity index is 1.27. The molecule has 258 valence electrons. The minimum absolute atomic E-state index is 0.0137. The maximum Gasteiger partial charge on any atom is 0.511 e. The van der Waals surface area contributed by atoms with Crippen LogP contribution in [0.1, 0.15) is 95.5 Å². The molecule has 2 heterocycles. The molecule has 11 nitrogen and oxygen atoms in total. The number of furan rings is 1. The van der Waals surface area contributed by atoms with E-state index in [-0.39, 0.29) is 41.4 Å². The van der Waals surface area contributed by atoms with Crippen LogP contribution in [-0.4, -0.2) is 66.5 Å². The Kier molecular flexibility index (Phi) is 11.4. The number of alkyl halides is 1. The van der Waals surface area contributed by atoms with Crippen molar-refractivity contribution in [1.82, 2.24) is 4.90 Å². The summed E-state index contributed by atoms with van der Waals surface area (Å²) in [5, 5.41) is 3.61. The van der Waals surface area contributed by atoms with Crippen LogP contribution in [0, 0.1) is 23.7 Å². The van der Waals surface area contributed by atoms with Crippen molar-refractivity contribution in [2.45, 2.75) is 109 Å². The van der Waals surface area contributed by atoms with Crippen LogP contribution < -0.4 is 11.1 Å². The predicted octanol–water partition coefficient (Wildman–Crippen LogP) is 6.34. The number of hydrogen-bond donors (Lipinski definition) is 2. The van der Waals surface area contributed by atoms with E-state index in [1.54, 1.807) is 36.9 Å². The maximum absolute atomic E-state index is 14.1. The number of anilines is 1. The van der Waals surface area contributed by atoms with Gasteiger partial charge in [0.2, 0.25) is 23.9 Å². The van der Waals surface area contributed by atoms with Crippen molar-refractivity contribution in [1.29, 1.82) is 0 Å². The lowest BCUT2D eigenvalue weighted by atomic mass is 9.76. The van der Waals surface area contributed by atoms with Gasteiger partial charge in [-0.1, -0.05) is 32.1 Å². The van der Waals surface area contributed by atoms with Crippen molar-refractivity contribution in [3.05, 3.63) is 30.0 Å². The van der Waals surface area contributed by atoms with Crippen molar-refractivity contribution in [2.75, 3.05) is 18.5 Å². The normalized spacial score (nSPS) is 24.9. The van der Waals surface area contributed by atoms with E-state index in [1.165, 1.54) is 19.4 Å². The summed E-state index contributed by atoms with van der Waals surface area (Å²) in [4.78, 5) is 54.2. The molecule has 3 fully saturated rings. The minimum atomic E-state index is -1.20. The van der Waals surface area contributed by atoms with E-state index in [9.17, 15) is 23.6 Å². The summed E-state index contributed by atoms with van der Waals surface area (Å²) in [5.74, 6) is -0.761. The molecule has 0 bridgehead atoms. The van der Waals surface area contributed by atoms with Gasteiger partial charge in [0.1, 0.15) is 18.3 Å². The fourth-order valence-electron chi connectivity index (χ4n) is 7.64. The fourth-order valence-corrected chi connectivity index (χ4v) is 7.64. The summed E-state index contributed by atoms with van der Waals surface area (Å²) < 4.78 is 33.8. The molecule has 3 N–H and O–H groups in total. The van der Waals surface area contributed by atoms with E-state index < -0.39 is 37.2 Å². The molecule has 4 atom stereocenters. The number of esters is 1. The van der Waals surface area contributed by atoms with Crippen LogP contribution in [0.4, 0.5) is 14.9 Å².